The molecule has 1 fully saturated rings. The van der Waals surface area contributed by atoms with E-state index >= 15 is 0 Å². The number of hydrogen-bond acceptors (Lipinski definition) is 3. The van der Waals surface area contributed by atoms with Gasteiger partial charge in [-0.05, 0) is 73.6 Å². The van der Waals surface area contributed by atoms with Crippen molar-refractivity contribution in [2.24, 2.45) is 0 Å². The minimum absolute atomic E-state index is 0.136. The van der Waals surface area contributed by atoms with Crippen LogP contribution in [0.5, 0.6) is 5.75 Å². The Balaban J connectivity index is 1.94. The van der Waals surface area contributed by atoms with E-state index in [1.165, 1.54) is 5.56 Å². The second-order valence-corrected chi connectivity index (χ2v) is 6.48. The van der Waals surface area contributed by atoms with Gasteiger partial charge in [0.05, 0.1) is 6.61 Å². The molecule has 1 unspecified atom stereocenters. The molecule has 3 heteroatoms. The SMILES string of the molecule is Cc1cc(OC2CCCCO2)cc(C)c1-c1cccc(C=O)c1C. The first-order chi connectivity index (χ1) is 11.6. The number of ether oxygens (including phenoxy) is 2. The van der Waals surface area contributed by atoms with Gasteiger partial charge in [-0.3, -0.25) is 4.79 Å². The molecule has 0 N–H and O–H groups in total. The first-order valence-corrected chi connectivity index (χ1v) is 8.55. The summed E-state index contributed by atoms with van der Waals surface area (Å²) in [7, 11) is 0. The third-order valence-electron chi connectivity index (χ3n) is 4.68. The number of benzene rings is 2. The monoisotopic (exact) mass is 324 g/mol. The molecule has 1 aliphatic rings. The number of carbonyl (C=O) groups is 1. The second-order valence-electron chi connectivity index (χ2n) is 6.48. The molecule has 0 saturated carbocycles. The third kappa shape index (κ3) is 3.36. The summed E-state index contributed by atoms with van der Waals surface area (Å²) in [5, 5.41) is 0. The van der Waals surface area contributed by atoms with Gasteiger partial charge in [0, 0.05) is 12.0 Å². The average molecular weight is 324 g/mol. The standard InChI is InChI=1S/C21H24O3/c1-14-11-18(24-20-9-4-5-10-23-20)12-15(2)21(14)19-8-6-7-17(13-22)16(19)3/h6-8,11-13,20H,4-5,9-10H2,1-3H3. The lowest BCUT2D eigenvalue weighted by Crippen LogP contribution is -2.25. The van der Waals surface area contributed by atoms with Crippen LogP contribution in [0.4, 0.5) is 0 Å². The van der Waals surface area contributed by atoms with E-state index < -0.39 is 0 Å². The van der Waals surface area contributed by atoms with Crippen molar-refractivity contribution in [1.82, 2.24) is 0 Å². The van der Waals surface area contributed by atoms with Crippen molar-refractivity contribution < 1.29 is 14.3 Å². The minimum atomic E-state index is -0.136. The van der Waals surface area contributed by atoms with E-state index in [9.17, 15) is 4.79 Å². The normalized spacial score (nSPS) is 17.5. The quantitative estimate of drug-likeness (QED) is 0.743. The molecule has 0 aliphatic carbocycles. The molecule has 1 aliphatic heterocycles. The molecule has 2 aromatic carbocycles. The summed E-state index contributed by atoms with van der Waals surface area (Å²) in [6, 6.07) is 9.99. The van der Waals surface area contributed by atoms with Crippen molar-refractivity contribution in [3.63, 3.8) is 0 Å². The summed E-state index contributed by atoms with van der Waals surface area (Å²) in [6.45, 7) is 6.95. The molecular formula is C21H24O3. The molecule has 0 bridgehead atoms. The predicted octanol–water partition coefficient (Wildman–Crippen LogP) is 5.00. The van der Waals surface area contributed by atoms with Crippen molar-refractivity contribution in [1.29, 1.82) is 0 Å². The fraction of sp³-hybridized carbons (Fsp3) is 0.381. The molecule has 0 spiro atoms. The molecule has 0 radical (unpaired) electrons. The Bertz CT molecular complexity index is 720. The highest BCUT2D eigenvalue weighted by Gasteiger charge is 2.17. The van der Waals surface area contributed by atoms with Gasteiger partial charge < -0.3 is 9.47 Å². The van der Waals surface area contributed by atoms with Gasteiger partial charge in [-0.1, -0.05) is 18.2 Å². The van der Waals surface area contributed by atoms with Crippen LogP contribution < -0.4 is 4.74 Å². The molecule has 3 nitrogen and oxygen atoms in total. The third-order valence-corrected chi connectivity index (χ3v) is 4.68. The minimum Gasteiger partial charge on any atom is -0.465 e. The summed E-state index contributed by atoms with van der Waals surface area (Å²) >= 11 is 0. The molecule has 3 rings (SSSR count). The number of aryl methyl sites for hydroxylation is 2. The Morgan fingerprint density at radius 3 is 2.50 bits per heavy atom. The van der Waals surface area contributed by atoms with E-state index in [0.29, 0.717) is 0 Å². The molecule has 24 heavy (non-hydrogen) atoms. The highest BCUT2D eigenvalue weighted by molar-refractivity contribution is 5.84. The predicted molar refractivity (Wildman–Crippen MR) is 95.7 cm³/mol. The van der Waals surface area contributed by atoms with Crippen molar-refractivity contribution in [2.75, 3.05) is 6.61 Å². The van der Waals surface area contributed by atoms with Gasteiger partial charge in [-0.25, -0.2) is 0 Å². The van der Waals surface area contributed by atoms with Crippen LogP contribution in [0.1, 0.15) is 46.3 Å². The lowest BCUT2D eigenvalue weighted by atomic mass is 9.90. The number of rotatable bonds is 4. The molecule has 126 valence electrons. The number of carbonyl (C=O) groups excluding carboxylic acids is 1. The van der Waals surface area contributed by atoms with Gasteiger partial charge in [-0.15, -0.1) is 0 Å². The summed E-state index contributed by atoms with van der Waals surface area (Å²) in [5.74, 6) is 0.852. The Labute approximate surface area is 143 Å². The maximum atomic E-state index is 11.2. The van der Waals surface area contributed by atoms with E-state index in [4.69, 9.17) is 9.47 Å². The van der Waals surface area contributed by atoms with Gasteiger partial charge in [0.1, 0.15) is 12.0 Å². The van der Waals surface area contributed by atoms with Crippen LogP contribution >= 0.6 is 0 Å². The fourth-order valence-electron chi connectivity index (χ4n) is 3.42. The number of hydrogen-bond donors (Lipinski definition) is 0. The average Bonchev–Trinajstić information content (AvgIpc) is 2.57. The van der Waals surface area contributed by atoms with Gasteiger partial charge >= 0.3 is 0 Å². The molecule has 1 atom stereocenters. The maximum Gasteiger partial charge on any atom is 0.199 e. The summed E-state index contributed by atoms with van der Waals surface area (Å²) in [5.41, 5.74) is 6.33. The summed E-state index contributed by atoms with van der Waals surface area (Å²) in [6.07, 6.45) is 3.99. The van der Waals surface area contributed by atoms with Crippen LogP contribution in [0.25, 0.3) is 11.1 Å². The second kappa shape index (κ2) is 7.18. The van der Waals surface area contributed by atoms with Crippen molar-refractivity contribution in [2.45, 2.75) is 46.3 Å². The van der Waals surface area contributed by atoms with Gasteiger partial charge in [0.2, 0.25) is 0 Å². The Hall–Kier alpha value is -2.13. The van der Waals surface area contributed by atoms with E-state index in [1.807, 2.05) is 19.1 Å². The van der Waals surface area contributed by atoms with Crippen LogP contribution in [-0.2, 0) is 4.74 Å². The van der Waals surface area contributed by atoms with Crippen molar-refractivity contribution in [3.05, 3.63) is 52.6 Å². The fourth-order valence-corrected chi connectivity index (χ4v) is 3.42. The van der Waals surface area contributed by atoms with Crippen LogP contribution in [0, 0.1) is 20.8 Å². The van der Waals surface area contributed by atoms with Crippen LogP contribution in [0.2, 0.25) is 0 Å². The highest BCUT2D eigenvalue weighted by Crippen LogP contribution is 2.34. The lowest BCUT2D eigenvalue weighted by molar-refractivity contribution is -0.105. The largest absolute Gasteiger partial charge is 0.465 e. The summed E-state index contributed by atoms with van der Waals surface area (Å²) < 4.78 is 11.7. The van der Waals surface area contributed by atoms with Gasteiger partial charge in [0.15, 0.2) is 6.29 Å². The zero-order valence-electron chi connectivity index (χ0n) is 14.6. The highest BCUT2D eigenvalue weighted by atomic mass is 16.7. The van der Waals surface area contributed by atoms with E-state index in [0.717, 1.165) is 65.7 Å². The van der Waals surface area contributed by atoms with Crippen molar-refractivity contribution >= 4 is 6.29 Å². The molecule has 0 amide bonds. The first kappa shape index (κ1) is 16.7. The van der Waals surface area contributed by atoms with Gasteiger partial charge in [-0.2, -0.15) is 0 Å². The van der Waals surface area contributed by atoms with Crippen molar-refractivity contribution in [3.8, 4) is 16.9 Å². The van der Waals surface area contributed by atoms with Crippen LogP contribution in [-0.4, -0.2) is 19.2 Å². The van der Waals surface area contributed by atoms with E-state index in [2.05, 4.69) is 32.0 Å². The Kier molecular flexibility index (Phi) is 5.00. The zero-order chi connectivity index (χ0) is 17.1. The molecule has 1 heterocycles. The lowest BCUT2D eigenvalue weighted by Gasteiger charge is -2.24. The zero-order valence-corrected chi connectivity index (χ0v) is 14.6. The molecule has 2 aromatic rings. The van der Waals surface area contributed by atoms with Gasteiger partial charge in [0.25, 0.3) is 0 Å². The molecular weight excluding hydrogens is 300 g/mol. The van der Waals surface area contributed by atoms with E-state index in [1.54, 1.807) is 0 Å². The van der Waals surface area contributed by atoms with E-state index in [-0.39, 0.29) is 6.29 Å². The maximum absolute atomic E-state index is 11.2. The van der Waals surface area contributed by atoms with Crippen LogP contribution in [0.15, 0.2) is 30.3 Å². The van der Waals surface area contributed by atoms with Crippen LogP contribution in [0.3, 0.4) is 0 Å². The summed E-state index contributed by atoms with van der Waals surface area (Å²) in [4.78, 5) is 11.2. The molecule has 1 saturated heterocycles. The Morgan fingerprint density at radius 2 is 1.88 bits per heavy atom. The molecule has 0 aromatic heterocycles. The Morgan fingerprint density at radius 1 is 1.12 bits per heavy atom. The first-order valence-electron chi connectivity index (χ1n) is 8.55. The topological polar surface area (TPSA) is 35.5 Å². The smallest absolute Gasteiger partial charge is 0.199 e. The number of aldehydes is 1.